The van der Waals surface area contributed by atoms with Gasteiger partial charge >= 0.3 is 41.5 Å². The Balaban J connectivity index is 0. The fraction of sp³-hybridized carbons (Fsp3) is 0.909. The molecular formula is C44H77N2NaO10S4. The number of carboxylic acids is 1. The van der Waals surface area contributed by atoms with Crippen LogP contribution in [0.15, 0.2) is 0 Å². The number of aliphatic carboxylic acids is 1. The van der Waals surface area contributed by atoms with E-state index in [1.54, 1.807) is 0 Å². The molecule has 6 saturated carbocycles. The number of aliphatic hydroxyl groups is 3. The summed E-state index contributed by atoms with van der Waals surface area (Å²) in [5.74, 6) is 0.327. The van der Waals surface area contributed by atoms with Crippen LogP contribution in [0.25, 0.3) is 0 Å². The Bertz CT molecular complexity index is 1160. The molecule has 0 bridgehead atoms. The summed E-state index contributed by atoms with van der Waals surface area (Å²) in [7, 11) is 0. The van der Waals surface area contributed by atoms with Crippen molar-refractivity contribution in [2.24, 2.45) is 23.7 Å². The molecule has 0 unspecified atom stereocenters. The van der Waals surface area contributed by atoms with Gasteiger partial charge in [-0.25, -0.2) is 0 Å². The van der Waals surface area contributed by atoms with Crippen LogP contribution in [0.2, 0.25) is 0 Å². The molecule has 9 rings (SSSR count). The third-order valence-electron chi connectivity index (χ3n) is 13.1. The molecule has 0 spiro atoms. The van der Waals surface area contributed by atoms with Crippen molar-refractivity contribution in [2.45, 2.75) is 229 Å². The van der Waals surface area contributed by atoms with Crippen molar-refractivity contribution in [2.75, 3.05) is 0 Å². The minimum absolute atomic E-state index is 0. The Morgan fingerprint density at radius 1 is 0.557 bits per heavy atom. The SMILES string of the molecule is C1CC[C@H]2O[C@H]2C1.C1CC[C@H]2O[C@H]2C1.N#CC[C@@H]1CCCC[C@H]1O.N#CC[C@@H]1CCCC[C@H]1O.O=C(O)C[C@@H]1CCCC[C@H]1O.O=C1C[C@@H]2CCCC[C@H]2O1.S.S.S=S.[Na+].[OH-]. The van der Waals surface area contributed by atoms with Crippen LogP contribution in [-0.2, 0) is 46.2 Å². The van der Waals surface area contributed by atoms with Gasteiger partial charge in [-0.1, -0.05) is 70.6 Å². The number of carbonyl (C=O) groups excluding carboxylic acids is 1. The standard InChI is InChI=1S/2C8H13NO.C8H14O3.C8H12O2.2C6H10O.Na.H2O.S2.2H2S/c2*9-6-5-7-3-1-2-4-8(7)10;9-7-4-2-1-3-6(7)5-8(10)11;9-8-5-6-3-1-2-4-7(6)10-8;2*1-2-4-6-5(3-1)7-6;;;1-2;;/h2*7-8,10H,1-5H2;6-7,9H,1-5H2,(H,10,11);6-7H,1-5H2;2*5-6H,1-4H2;;1H2;;2*1H2/q;;;;;;+1;;;;/p-1/t2*7-,8+;2*6-,7+;2*5-,6+;;;;;/m0000......./s1. The van der Waals surface area contributed by atoms with Gasteiger partial charge in [0.1, 0.15) is 6.10 Å². The number of epoxide rings is 2. The molecule has 0 aromatic heterocycles. The first kappa shape index (κ1) is 62.9. The van der Waals surface area contributed by atoms with E-state index in [1.165, 1.54) is 83.5 Å². The number of fused-ring (bicyclic) bond motifs is 3. The minimum Gasteiger partial charge on any atom is -0.870 e. The maximum absolute atomic E-state index is 10.8. The van der Waals surface area contributed by atoms with Crippen molar-refractivity contribution in [3.63, 3.8) is 0 Å². The van der Waals surface area contributed by atoms with Crippen LogP contribution in [0.1, 0.15) is 180 Å². The van der Waals surface area contributed by atoms with Crippen molar-refractivity contribution in [3.05, 3.63) is 0 Å². The van der Waals surface area contributed by atoms with Crippen LogP contribution in [0.3, 0.4) is 0 Å². The van der Waals surface area contributed by atoms with Crippen LogP contribution >= 0.6 is 27.0 Å². The Morgan fingerprint density at radius 3 is 1.18 bits per heavy atom. The van der Waals surface area contributed by atoms with Crippen LogP contribution in [0.5, 0.6) is 0 Å². The normalized spacial score (nSPS) is 34.1. The molecule has 61 heavy (non-hydrogen) atoms. The van der Waals surface area contributed by atoms with Crippen molar-refractivity contribution in [1.29, 1.82) is 10.5 Å². The minimum atomic E-state index is -0.795. The molecule has 3 heterocycles. The molecule has 0 amide bonds. The van der Waals surface area contributed by atoms with E-state index in [0.717, 1.165) is 70.6 Å². The number of nitrogens with zero attached hydrogens (tertiary/aromatic N) is 2. The van der Waals surface area contributed by atoms with Gasteiger partial charge < -0.3 is 40.1 Å². The molecule has 6 aliphatic carbocycles. The zero-order valence-corrected chi connectivity index (χ0v) is 42.3. The second-order valence-corrected chi connectivity index (χ2v) is 17.4. The predicted octanol–water partition coefficient (Wildman–Crippen LogP) is 5.11. The topological polar surface area (TPSA) is 227 Å². The van der Waals surface area contributed by atoms with E-state index >= 15 is 0 Å². The molecule has 348 valence electrons. The van der Waals surface area contributed by atoms with Gasteiger partial charge in [0.2, 0.25) is 0 Å². The summed E-state index contributed by atoms with van der Waals surface area (Å²) >= 11 is 7.33. The van der Waals surface area contributed by atoms with Gasteiger partial charge in [0.25, 0.3) is 0 Å². The van der Waals surface area contributed by atoms with Gasteiger partial charge in [-0.3, -0.25) is 9.59 Å². The molecule has 12 atom stereocenters. The molecular weight excluding hydrogens is 868 g/mol. The van der Waals surface area contributed by atoms with E-state index in [4.69, 9.17) is 29.8 Å². The fourth-order valence-electron chi connectivity index (χ4n) is 9.49. The molecule has 0 aromatic carbocycles. The Morgan fingerprint density at radius 2 is 0.869 bits per heavy atom. The van der Waals surface area contributed by atoms with Gasteiger partial charge in [0.15, 0.2) is 0 Å². The molecule has 0 aromatic rings. The summed E-state index contributed by atoms with van der Waals surface area (Å²) in [4.78, 5) is 21.1. The van der Waals surface area contributed by atoms with Gasteiger partial charge in [-0.15, -0.1) is 0 Å². The third-order valence-corrected chi connectivity index (χ3v) is 13.1. The first-order valence-corrected chi connectivity index (χ1v) is 23.7. The number of ether oxygens (including phenoxy) is 3. The fourth-order valence-corrected chi connectivity index (χ4v) is 9.49. The molecule has 3 aliphatic heterocycles. The van der Waals surface area contributed by atoms with Gasteiger partial charge in [-0.05, 0) is 101 Å². The van der Waals surface area contributed by atoms with Crippen LogP contribution in [0, 0.1) is 46.3 Å². The van der Waals surface area contributed by atoms with E-state index < -0.39 is 5.97 Å². The molecule has 9 fully saturated rings. The number of hydrogen-bond acceptors (Lipinski definition) is 13. The number of carbonyl (C=O) groups is 2. The van der Waals surface area contributed by atoms with E-state index in [1.807, 2.05) is 0 Å². The van der Waals surface area contributed by atoms with Crippen molar-refractivity contribution >= 4 is 61.3 Å². The molecule has 5 N–H and O–H groups in total. The van der Waals surface area contributed by atoms with Gasteiger partial charge in [0.05, 0.1) is 67.7 Å². The predicted molar refractivity (Wildman–Crippen MR) is 245 cm³/mol. The summed E-state index contributed by atoms with van der Waals surface area (Å²) in [6.07, 6.45) is 32.2. The largest absolute Gasteiger partial charge is 1.00 e. The number of aliphatic hydroxyl groups excluding tert-OH is 3. The Labute approximate surface area is 412 Å². The van der Waals surface area contributed by atoms with E-state index in [2.05, 4.69) is 34.5 Å². The molecule has 0 radical (unpaired) electrons. The molecule has 3 saturated heterocycles. The zero-order chi connectivity index (χ0) is 41.4. The summed E-state index contributed by atoms with van der Waals surface area (Å²) in [6, 6.07) is 4.22. The maximum atomic E-state index is 10.8. The maximum Gasteiger partial charge on any atom is 1.00 e. The summed E-state index contributed by atoms with van der Waals surface area (Å²) in [5, 5.41) is 53.3. The molecule has 12 nitrogen and oxygen atoms in total. The number of esters is 1. The van der Waals surface area contributed by atoms with Crippen molar-refractivity contribution in [3.8, 4) is 12.1 Å². The Hall–Kier alpha value is -0.180. The average Bonchev–Trinajstić information content (AvgIpc) is 4.15. The summed E-state index contributed by atoms with van der Waals surface area (Å²) in [6.45, 7) is 0. The number of hydrogen-bond donors (Lipinski definition) is 4. The van der Waals surface area contributed by atoms with E-state index in [9.17, 15) is 24.9 Å². The average molecular weight is 945 g/mol. The van der Waals surface area contributed by atoms with E-state index in [-0.39, 0.29) is 110 Å². The van der Waals surface area contributed by atoms with Crippen LogP contribution in [0.4, 0.5) is 0 Å². The Kier molecular flexibility index (Phi) is 38.1. The first-order valence-electron chi connectivity index (χ1n) is 22.3. The second kappa shape index (κ2) is 37.0. The van der Waals surface area contributed by atoms with Crippen molar-refractivity contribution in [1.82, 2.24) is 0 Å². The van der Waals surface area contributed by atoms with Gasteiger partial charge in [-0.2, -0.15) is 37.5 Å². The quantitative estimate of drug-likeness (QED) is 0.163. The van der Waals surface area contributed by atoms with Crippen molar-refractivity contribution < 1.29 is 79.3 Å². The monoisotopic (exact) mass is 944 g/mol. The van der Waals surface area contributed by atoms with E-state index in [0.29, 0.717) is 55.7 Å². The number of rotatable bonds is 4. The number of nitriles is 2. The third kappa shape index (κ3) is 25.9. The smallest absolute Gasteiger partial charge is 0.870 e. The summed E-state index contributed by atoms with van der Waals surface area (Å²) < 4.78 is 15.7. The molecule has 9 aliphatic rings. The first-order chi connectivity index (χ1) is 27.7. The second-order valence-electron chi connectivity index (χ2n) is 17.4. The van der Waals surface area contributed by atoms with Crippen LogP contribution in [-0.4, -0.2) is 86.7 Å². The number of carboxylic acid groups (broad SMARTS) is 1. The molecule has 17 heteroatoms. The van der Waals surface area contributed by atoms with Crippen LogP contribution < -0.4 is 29.6 Å². The summed E-state index contributed by atoms with van der Waals surface area (Å²) in [5.41, 5.74) is 0. The van der Waals surface area contributed by atoms with Gasteiger partial charge in [0, 0.05) is 41.1 Å². The zero-order valence-electron chi connectivity index (χ0n) is 36.7.